The first kappa shape index (κ1) is 21.7. The number of hydrogen-bond donors (Lipinski definition) is 2. The first-order valence-electron chi connectivity index (χ1n) is 10.4. The number of rotatable bonds is 11. The Hall–Kier alpha value is -1.59. The zero-order valence-corrected chi connectivity index (χ0v) is 17.7. The highest BCUT2D eigenvalue weighted by atomic mass is 16.5. The molecule has 5 heteroatoms. The first-order chi connectivity index (χ1) is 13.2. The van der Waals surface area contributed by atoms with Crippen LogP contribution in [0.4, 0.5) is 0 Å². The summed E-state index contributed by atoms with van der Waals surface area (Å²) in [7, 11) is 3.63. The van der Waals surface area contributed by atoms with Gasteiger partial charge in [0.2, 0.25) is 0 Å². The van der Waals surface area contributed by atoms with Crippen LogP contribution in [0.25, 0.3) is 0 Å². The molecular formula is C22H38N4O. The number of hydrogen-bond acceptors (Lipinski definition) is 3. The molecule has 5 nitrogen and oxygen atoms in total. The largest absolute Gasteiger partial charge is 0.385 e. The van der Waals surface area contributed by atoms with Crippen LogP contribution < -0.4 is 10.6 Å². The Morgan fingerprint density at radius 3 is 2.41 bits per heavy atom. The third-order valence-electron chi connectivity index (χ3n) is 5.96. The Morgan fingerprint density at radius 1 is 1.15 bits per heavy atom. The summed E-state index contributed by atoms with van der Waals surface area (Å²) < 4.78 is 5.30. The fourth-order valence-electron chi connectivity index (χ4n) is 3.75. The van der Waals surface area contributed by atoms with Crippen molar-refractivity contribution in [3.05, 3.63) is 35.4 Å². The smallest absolute Gasteiger partial charge is 0.191 e. The lowest BCUT2D eigenvalue weighted by Gasteiger charge is -2.42. The van der Waals surface area contributed by atoms with Gasteiger partial charge < -0.3 is 15.4 Å². The summed E-state index contributed by atoms with van der Waals surface area (Å²) in [5.41, 5.74) is 3.11. The summed E-state index contributed by atoms with van der Waals surface area (Å²) in [5.74, 6) is 0.885. The van der Waals surface area contributed by atoms with Crippen molar-refractivity contribution >= 4 is 5.96 Å². The molecule has 0 unspecified atom stereocenters. The van der Waals surface area contributed by atoms with Crippen LogP contribution in [-0.4, -0.2) is 51.3 Å². The van der Waals surface area contributed by atoms with Crippen LogP contribution in [0.2, 0.25) is 0 Å². The van der Waals surface area contributed by atoms with E-state index in [4.69, 9.17) is 4.74 Å². The molecule has 0 radical (unpaired) electrons. The molecule has 1 aliphatic carbocycles. The number of ether oxygens (including phenoxy) is 1. The summed E-state index contributed by atoms with van der Waals surface area (Å²) in [5, 5.41) is 7.05. The molecular weight excluding hydrogens is 336 g/mol. The van der Waals surface area contributed by atoms with Crippen LogP contribution in [0.15, 0.2) is 29.3 Å². The highest BCUT2D eigenvalue weighted by molar-refractivity contribution is 5.79. The number of aliphatic imine (C=N–C) groups is 1. The molecule has 2 N–H and O–H groups in total. The van der Waals surface area contributed by atoms with Crippen molar-refractivity contribution < 1.29 is 4.74 Å². The highest BCUT2D eigenvalue weighted by Gasteiger charge is 2.36. The van der Waals surface area contributed by atoms with Crippen molar-refractivity contribution in [2.75, 3.05) is 40.4 Å². The molecule has 27 heavy (non-hydrogen) atoms. The normalized spacial score (nSPS) is 16.3. The zero-order valence-electron chi connectivity index (χ0n) is 17.7. The van der Waals surface area contributed by atoms with Gasteiger partial charge in [-0.1, -0.05) is 44.5 Å². The van der Waals surface area contributed by atoms with Gasteiger partial charge in [-0.25, -0.2) is 0 Å². The number of guanidine groups is 1. The fourth-order valence-corrected chi connectivity index (χ4v) is 3.75. The van der Waals surface area contributed by atoms with E-state index < -0.39 is 0 Å². The van der Waals surface area contributed by atoms with Crippen molar-refractivity contribution in [3.8, 4) is 0 Å². The summed E-state index contributed by atoms with van der Waals surface area (Å²) in [6.45, 7) is 10.2. The quantitative estimate of drug-likeness (QED) is 0.460. The van der Waals surface area contributed by atoms with Gasteiger partial charge in [0.05, 0.1) is 0 Å². The SMILES string of the molecule is CCN(CC)Cc1ccccc1CNC(=NC)NCC1(CCOC)CCC1. The van der Waals surface area contributed by atoms with E-state index >= 15 is 0 Å². The Morgan fingerprint density at radius 2 is 1.85 bits per heavy atom. The Balaban J connectivity index is 1.89. The third kappa shape index (κ3) is 6.51. The predicted molar refractivity (Wildman–Crippen MR) is 114 cm³/mol. The molecule has 1 aliphatic rings. The molecule has 0 atom stereocenters. The Kier molecular flexibility index (Phi) is 9.08. The van der Waals surface area contributed by atoms with Gasteiger partial charge in [0.25, 0.3) is 0 Å². The van der Waals surface area contributed by atoms with E-state index in [1.165, 1.54) is 30.4 Å². The summed E-state index contributed by atoms with van der Waals surface area (Å²) in [6, 6.07) is 8.70. The topological polar surface area (TPSA) is 48.9 Å². The standard InChI is InChI=1S/C22H38N4O/c1-5-26(6-2)17-20-11-8-7-10-19(20)16-24-21(23-3)25-18-22(12-9-13-22)14-15-27-4/h7-8,10-11H,5-6,9,12-18H2,1-4H3,(H2,23,24,25). The summed E-state index contributed by atoms with van der Waals surface area (Å²) >= 11 is 0. The molecule has 1 saturated carbocycles. The Bertz CT molecular complexity index is 579. The second-order valence-electron chi connectivity index (χ2n) is 7.61. The van der Waals surface area contributed by atoms with E-state index in [-0.39, 0.29) is 0 Å². The molecule has 0 amide bonds. The van der Waals surface area contributed by atoms with Gasteiger partial charge in [-0.05, 0) is 48.9 Å². The number of nitrogens with one attached hydrogen (secondary N) is 2. The average Bonchev–Trinajstić information content (AvgIpc) is 2.68. The summed E-state index contributed by atoms with van der Waals surface area (Å²) in [4.78, 5) is 6.87. The van der Waals surface area contributed by atoms with Crippen LogP contribution >= 0.6 is 0 Å². The van der Waals surface area contributed by atoms with Crippen molar-refractivity contribution in [1.82, 2.24) is 15.5 Å². The molecule has 0 aliphatic heterocycles. The fraction of sp³-hybridized carbons (Fsp3) is 0.682. The minimum atomic E-state index is 0.383. The molecule has 0 bridgehead atoms. The lowest BCUT2D eigenvalue weighted by Crippen LogP contribution is -2.46. The molecule has 1 aromatic carbocycles. The van der Waals surface area contributed by atoms with Crippen molar-refractivity contribution in [2.45, 2.75) is 52.6 Å². The molecule has 0 saturated heterocycles. The van der Waals surface area contributed by atoms with Gasteiger partial charge in [-0.3, -0.25) is 9.89 Å². The van der Waals surface area contributed by atoms with Crippen LogP contribution in [0.1, 0.15) is 50.7 Å². The molecule has 0 spiro atoms. The minimum Gasteiger partial charge on any atom is -0.385 e. The molecule has 0 aromatic heterocycles. The van der Waals surface area contributed by atoms with Crippen molar-refractivity contribution in [2.24, 2.45) is 10.4 Å². The van der Waals surface area contributed by atoms with E-state index in [1.54, 1.807) is 7.11 Å². The van der Waals surface area contributed by atoms with Crippen molar-refractivity contribution in [3.63, 3.8) is 0 Å². The number of nitrogens with zero attached hydrogens (tertiary/aromatic N) is 2. The lowest BCUT2D eigenvalue weighted by molar-refractivity contribution is 0.0732. The zero-order chi connectivity index (χ0) is 19.5. The van der Waals surface area contributed by atoms with E-state index in [2.05, 4.69) is 58.6 Å². The monoisotopic (exact) mass is 374 g/mol. The molecule has 1 fully saturated rings. The minimum absolute atomic E-state index is 0.383. The van der Waals surface area contributed by atoms with Gasteiger partial charge in [0, 0.05) is 40.4 Å². The number of benzene rings is 1. The van der Waals surface area contributed by atoms with Gasteiger partial charge in [-0.15, -0.1) is 0 Å². The second-order valence-corrected chi connectivity index (χ2v) is 7.61. The Labute approximate surface area is 165 Å². The van der Waals surface area contributed by atoms with Crippen LogP contribution in [0.3, 0.4) is 0 Å². The number of methoxy groups -OCH3 is 1. The second kappa shape index (κ2) is 11.3. The molecule has 1 aromatic rings. The maximum Gasteiger partial charge on any atom is 0.191 e. The van der Waals surface area contributed by atoms with E-state index in [9.17, 15) is 0 Å². The maximum atomic E-state index is 5.30. The van der Waals surface area contributed by atoms with Crippen LogP contribution in [-0.2, 0) is 17.8 Å². The average molecular weight is 375 g/mol. The van der Waals surface area contributed by atoms with Gasteiger partial charge >= 0.3 is 0 Å². The molecule has 2 rings (SSSR count). The molecule has 0 heterocycles. The first-order valence-corrected chi connectivity index (χ1v) is 10.4. The van der Waals surface area contributed by atoms with Gasteiger partial charge in [0.1, 0.15) is 0 Å². The van der Waals surface area contributed by atoms with Crippen LogP contribution in [0, 0.1) is 5.41 Å². The van der Waals surface area contributed by atoms with Crippen molar-refractivity contribution in [1.29, 1.82) is 0 Å². The summed E-state index contributed by atoms with van der Waals surface area (Å²) in [6.07, 6.45) is 5.02. The molecule has 152 valence electrons. The highest BCUT2D eigenvalue weighted by Crippen LogP contribution is 2.43. The van der Waals surface area contributed by atoms with E-state index in [1.807, 2.05) is 7.05 Å². The third-order valence-corrected chi connectivity index (χ3v) is 5.96. The van der Waals surface area contributed by atoms with Crippen LogP contribution in [0.5, 0.6) is 0 Å². The van der Waals surface area contributed by atoms with E-state index in [0.29, 0.717) is 5.41 Å². The van der Waals surface area contributed by atoms with Gasteiger partial charge in [-0.2, -0.15) is 0 Å². The lowest BCUT2D eigenvalue weighted by atomic mass is 9.67. The van der Waals surface area contributed by atoms with Gasteiger partial charge in [0.15, 0.2) is 5.96 Å². The predicted octanol–water partition coefficient (Wildman–Crippen LogP) is 3.40. The maximum absolute atomic E-state index is 5.30. The van der Waals surface area contributed by atoms with E-state index in [0.717, 1.165) is 51.7 Å².